The van der Waals surface area contributed by atoms with Gasteiger partial charge < -0.3 is 16.4 Å². The number of rotatable bonds is 10. The van der Waals surface area contributed by atoms with E-state index in [1.54, 1.807) is 54.6 Å². The van der Waals surface area contributed by atoms with Crippen LogP contribution in [0.25, 0.3) is 0 Å². The molecule has 4 N–H and O–H groups in total. The van der Waals surface area contributed by atoms with Crippen LogP contribution in [0.3, 0.4) is 0 Å². The minimum absolute atomic E-state index is 0.0327. The van der Waals surface area contributed by atoms with Crippen molar-refractivity contribution in [1.82, 2.24) is 10.6 Å². The molecule has 0 unspecified atom stereocenters. The van der Waals surface area contributed by atoms with Crippen LogP contribution in [0, 0.1) is 5.82 Å². The van der Waals surface area contributed by atoms with E-state index < -0.39 is 35.6 Å². The van der Waals surface area contributed by atoms with E-state index in [1.807, 2.05) is 6.07 Å². The highest BCUT2D eigenvalue weighted by Gasteiger charge is 2.25. The number of hydrogen-bond acceptors (Lipinski definition) is 4. The highest BCUT2D eigenvalue weighted by atomic mass is 19.1. The number of hydrogen-bond donors (Lipinski definition) is 3. The summed E-state index contributed by atoms with van der Waals surface area (Å²) >= 11 is 0. The van der Waals surface area contributed by atoms with Crippen LogP contribution in [0.2, 0.25) is 0 Å². The quantitative estimate of drug-likeness (QED) is 0.390. The first kappa shape index (κ1) is 25.3. The van der Waals surface area contributed by atoms with Gasteiger partial charge in [-0.2, -0.15) is 0 Å². The zero-order chi connectivity index (χ0) is 25.4. The van der Waals surface area contributed by atoms with Crippen molar-refractivity contribution in [2.45, 2.75) is 31.8 Å². The van der Waals surface area contributed by atoms with Crippen LogP contribution < -0.4 is 16.4 Å². The standard InChI is InChI=1S/C27H26FN3O4/c1-17(32)30-24(16-19-6-5-9-22(28)14-19)27(35)31-23(26(29)34)15-18-10-12-21(13-11-18)25(33)20-7-3-2-4-8-20/h2-14,23-24H,15-16H2,1H3,(H2,29,34)(H,30,32)(H,31,35)/t23-,24-/m0/s1. The molecule has 3 aromatic carbocycles. The first-order chi connectivity index (χ1) is 16.7. The van der Waals surface area contributed by atoms with Gasteiger partial charge in [-0.25, -0.2) is 4.39 Å². The van der Waals surface area contributed by atoms with E-state index in [4.69, 9.17) is 5.73 Å². The van der Waals surface area contributed by atoms with Crippen molar-refractivity contribution in [3.05, 3.63) is 107 Å². The largest absolute Gasteiger partial charge is 0.368 e. The highest BCUT2D eigenvalue weighted by molar-refractivity contribution is 6.08. The summed E-state index contributed by atoms with van der Waals surface area (Å²) in [4.78, 5) is 49.2. The Morgan fingerprint density at radius 3 is 2.00 bits per heavy atom. The van der Waals surface area contributed by atoms with E-state index >= 15 is 0 Å². The molecule has 180 valence electrons. The summed E-state index contributed by atoms with van der Waals surface area (Å²) < 4.78 is 13.5. The summed E-state index contributed by atoms with van der Waals surface area (Å²) in [7, 11) is 0. The predicted octanol–water partition coefficient (Wildman–Crippen LogP) is 2.32. The lowest BCUT2D eigenvalue weighted by atomic mass is 9.99. The van der Waals surface area contributed by atoms with Crippen LogP contribution in [-0.4, -0.2) is 35.6 Å². The Bertz CT molecular complexity index is 1210. The van der Waals surface area contributed by atoms with Crippen molar-refractivity contribution in [2.24, 2.45) is 5.73 Å². The second-order valence-corrected chi connectivity index (χ2v) is 8.15. The lowest BCUT2D eigenvalue weighted by Crippen LogP contribution is -2.54. The zero-order valence-electron chi connectivity index (χ0n) is 19.2. The van der Waals surface area contributed by atoms with E-state index in [0.717, 1.165) is 0 Å². The SMILES string of the molecule is CC(=O)N[C@@H](Cc1cccc(F)c1)C(=O)N[C@@H](Cc1ccc(C(=O)c2ccccc2)cc1)C(N)=O. The number of nitrogens with two attached hydrogens (primary N) is 1. The van der Waals surface area contributed by atoms with E-state index in [-0.39, 0.29) is 18.6 Å². The molecular weight excluding hydrogens is 449 g/mol. The van der Waals surface area contributed by atoms with Gasteiger partial charge in [0, 0.05) is 30.9 Å². The van der Waals surface area contributed by atoms with Gasteiger partial charge in [0.1, 0.15) is 17.9 Å². The molecular formula is C27H26FN3O4. The third-order valence-corrected chi connectivity index (χ3v) is 5.37. The van der Waals surface area contributed by atoms with Gasteiger partial charge in [-0.3, -0.25) is 19.2 Å². The molecule has 0 aliphatic rings. The smallest absolute Gasteiger partial charge is 0.243 e. The number of amides is 3. The number of nitrogens with one attached hydrogen (secondary N) is 2. The van der Waals surface area contributed by atoms with Crippen LogP contribution in [0.4, 0.5) is 4.39 Å². The molecule has 3 amide bonds. The summed E-state index contributed by atoms with van der Waals surface area (Å²) in [6, 6.07) is 19.1. The van der Waals surface area contributed by atoms with Crippen LogP contribution in [-0.2, 0) is 27.2 Å². The Kier molecular flexibility index (Phi) is 8.45. The molecule has 0 radical (unpaired) electrons. The van der Waals surface area contributed by atoms with Crippen LogP contribution >= 0.6 is 0 Å². The predicted molar refractivity (Wildman–Crippen MR) is 129 cm³/mol. The van der Waals surface area contributed by atoms with Gasteiger partial charge in [-0.1, -0.05) is 66.7 Å². The van der Waals surface area contributed by atoms with Gasteiger partial charge in [-0.05, 0) is 23.3 Å². The zero-order valence-corrected chi connectivity index (χ0v) is 19.2. The van der Waals surface area contributed by atoms with Crippen molar-refractivity contribution < 1.29 is 23.6 Å². The third kappa shape index (κ3) is 7.33. The summed E-state index contributed by atoms with van der Waals surface area (Å²) in [5, 5.41) is 5.11. The van der Waals surface area contributed by atoms with Gasteiger partial charge in [0.25, 0.3) is 0 Å². The molecule has 0 aliphatic heterocycles. The lowest BCUT2D eigenvalue weighted by Gasteiger charge is -2.22. The molecule has 7 nitrogen and oxygen atoms in total. The molecule has 0 aliphatic carbocycles. The second kappa shape index (κ2) is 11.7. The molecule has 0 aromatic heterocycles. The fourth-order valence-corrected chi connectivity index (χ4v) is 3.63. The third-order valence-electron chi connectivity index (χ3n) is 5.37. The van der Waals surface area contributed by atoms with Crippen LogP contribution in [0.15, 0.2) is 78.9 Å². The second-order valence-electron chi connectivity index (χ2n) is 8.15. The monoisotopic (exact) mass is 475 g/mol. The fourth-order valence-electron chi connectivity index (χ4n) is 3.63. The summed E-state index contributed by atoms with van der Waals surface area (Å²) in [5.74, 6) is -2.42. The lowest BCUT2D eigenvalue weighted by molar-refractivity contribution is -0.130. The van der Waals surface area contributed by atoms with E-state index in [1.165, 1.54) is 25.1 Å². The number of carbonyl (C=O) groups is 4. The molecule has 0 heterocycles. The number of ketones is 1. The van der Waals surface area contributed by atoms with Gasteiger partial charge in [-0.15, -0.1) is 0 Å². The van der Waals surface area contributed by atoms with E-state index in [0.29, 0.717) is 22.3 Å². The Balaban J connectivity index is 1.70. The normalized spacial score (nSPS) is 12.3. The van der Waals surface area contributed by atoms with Crippen molar-refractivity contribution >= 4 is 23.5 Å². The molecule has 35 heavy (non-hydrogen) atoms. The molecule has 0 fully saturated rings. The maximum absolute atomic E-state index is 13.5. The Labute approximate surface area is 202 Å². The molecule has 0 saturated carbocycles. The minimum atomic E-state index is -1.05. The Morgan fingerprint density at radius 1 is 0.771 bits per heavy atom. The van der Waals surface area contributed by atoms with E-state index in [9.17, 15) is 23.6 Å². The molecule has 0 saturated heterocycles. The average Bonchev–Trinajstić information content (AvgIpc) is 2.83. The first-order valence-electron chi connectivity index (χ1n) is 11.0. The Hall–Kier alpha value is -4.33. The van der Waals surface area contributed by atoms with Crippen molar-refractivity contribution in [2.75, 3.05) is 0 Å². The Morgan fingerprint density at radius 2 is 1.40 bits per heavy atom. The topological polar surface area (TPSA) is 118 Å². The summed E-state index contributed by atoms with van der Waals surface area (Å²) in [5.41, 5.74) is 7.75. The maximum Gasteiger partial charge on any atom is 0.243 e. The minimum Gasteiger partial charge on any atom is -0.368 e. The summed E-state index contributed by atoms with van der Waals surface area (Å²) in [6.07, 6.45) is 0.124. The molecule has 0 bridgehead atoms. The average molecular weight is 476 g/mol. The summed E-state index contributed by atoms with van der Waals surface area (Å²) in [6.45, 7) is 1.26. The number of halogens is 1. The molecule has 3 aromatic rings. The van der Waals surface area contributed by atoms with Gasteiger partial charge in [0.05, 0.1) is 0 Å². The molecule has 3 rings (SSSR count). The van der Waals surface area contributed by atoms with E-state index in [2.05, 4.69) is 10.6 Å². The number of benzene rings is 3. The molecule has 2 atom stereocenters. The van der Waals surface area contributed by atoms with Crippen molar-refractivity contribution in [1.29, 1.82) is 0 Å². The number of primary amides is 1. The van der Waals surface area contributed by atoms with Gasteiger partial charge >= 0.3 is 0 Å². The van der Waals surface area contributed by atoms with Crippen LogP contribution in [0.5, 0.6) is 0 Å². The fraction of sp³-hybridized carbons (Fsp3) is 0.185. The maximum atomic E-state index is 13.5. The number of carbonyl (C=O) groups excluding carboxylic acids is 4. The molecule has 8 heteroatoms. The van der Waals surface area contributed by atoms with Gasteiger partial charge in [0.2, 0.25) is 17.7 Å². The van der Waals surface area contributed by atoms with Crippen molar-refractivity contribution in [3.63, 3.8) is 0 Å². The first-order valence-corrected chi connectivity index (χ1v) is 11.0. The van der Waals surface area contributed by atoms with Crippen molar-refractivity contribution in [3.8, 4) is 0 Å². The molecule has 0 spiro atoms. The van der Waals surface area contributed by atoms with Crippen LogP contribution in [0.1, 0.15) is 34.0 Å². The van der Waals surface area contributed by atoms with Gasteiger partial charge in [0.15, 0.2) is 5.78 Å². The highest BCUT2D eigenvalue weighted by Crippen LogP contribution is 2.13.